The number of hydrogen-bond acceptors (Lipinski definition) is 7. The van der Waals surface area contributed by atoms with Gasteiger partial charge in [-0.2, -0.15) is 0 Å². The minimum atomic E-state index is -0.907. The molecule has 192 valence electrons. The number of ketones is 1. The first-order chi connectivity index (χ1) is 16.6. The van der Waals surface area contributed by atoms with Crippen LogP contribution in [0.4, 0.5) is 11.4 Å². The van der Waals surface area contributed by atoms with Crippen molar-refractivity contribution in [2.24, 2.45) is 5.92 Å². The summed E-state index contributed by atoms with van der Waals surface area (Å²) in [4.78, 5) is 71.6. The lowest BCUT2D eigenvalue weighted by Crippen LogP contribution is -2.50. The van der Waals surface area contributed by atoms with Gasteiger partial charge < -0.3 is 36.2 Å². The van der Waals surface area contributed by atoms with E-state index >= 15 is 0 Å². The molecular formula is C24H35N5O6. The molecule has 0 aliphatic carbocycles. The van der Waals surface area contributed by atoms with Crippen LogP contribution in [0.25, 0.3) is 0 Å². The average Bonchev–Trinajstić information content (AvgIpc) is 2.79. The third kappa shape index (κ3) is 11.4. The molecule has 4 amide bonds. The van der Waals surface area contributed by atoms with Crippen LogP contribution in [-0.4, -0.2) is 61.9 Å². The van der Waals surface area contributed by atoms with Gasteiger partial charge in [-0.3, -0.25) is 19.2 Å². The van der Waals surface area contributed by atoms with Gasteiger partial charge in [0.15, 0.2) is 0 Å². The summed E-state index contributed by atoms with van der Waals surface area (Å²) in [5.74, 6) is -2.19. The summed E-state index contributed by atoms with van der Waals surface area (Å²) in [6, 6.07) is 3.46. The molecule has 35 heavy (non-hydrogen) atoms. The fourth-order valence-electron chi connectivity index (χ4n) is 3.08. The Hall–Kier alpha value is -3.60. The van der Waals surface area contributed by atoms with Crippen LogP contribution in [0.2, 0.25) is 0 Å². The molecule has 0 saturated heterocycles. The average molecular weight is 490 g/mol. The van der Waals surface area contributed by atoms with Gasteiger partial charge in [-0.15, -0.1) is 0 Å². The van der Waals surface area contributed by atoms with Gasteiger partial charge >= 0.3 is 0 Å². The van der Waals surface area contributed by atoms with Gasteiger partial charge in [0.05, 0.1) is 6.54 Å². The lowest BCUT2D eigenvalue weighted by atomic mass is 10.0. The van der Waals surface area contributed by atoms with Crippen molar-refractivity contribution in [1.82, 2.24) is 16.0 Å². The summed E-state index contributed by atoms with van der Waals surface area (Å²) in [6.45, 7) is 5.36. The maximum Gasteiger partial charge on any atom is 0.252 e. The van der Waals surface area contributed by atoms with Crippen molar-refractivity contribution in [3.8, 4) is 0 Å². The highest BCUT2D eigenvalue weighted by Gasteiger charge is 2.25. The highest BCUT2D eigenvalue weighted by molar-refractivity contribution is 6.02. The monoisotopic (exact) mass is 489 g/mol. The van der Waals surface area contributed by atoms with Crippen LogP contribution >= 0.6 is 0 Å². The van der Waals surface area contributed by atoms with E-state index in [4.69, 9.17) is 0 Å². The molecule has 1 unspecified atom stereocenters. The molecule has 0 aromatic heterocycles. The Labute approximate surface area is 205 Å². The molecule has 1 aromatic rings. The number of amides is 4. The number of benzene rings is 1. The molecular weight excluding hydrogens is 454 g/mol. The first kappa shape index (κ1) is 29.4. The quantitative estimate of drug-likeness (QED) is 0.181. The van der Waals surface area contributed by atoms with Crippen LogP contribution in [-0.2, 0) is 24.0 Å². The Kier molecular flexibility index (Phi) is 12.9. The van der Waals surface area contributed by atoms with Crippen molar-refractivity contribution in [1.29, 1.82) is 0 Å². The topological polar surface area (TPSA) is 163 Å². The lowest BCUT2D eigenvalue weighted by molar-refractivity contribution is -0.125. The zero-order chi connectivity index (χ0) is 26.4. The third-order valence-electron chi connectivity index (χ3n) is 4.89. The van der Waals surface area contributed by atoms with Gasteiger partial charge in [0, 0.05) is 36.2 Å². The van der Waals surface area contributed by atoms with Crippen molar-refractivity contribution in [3.63, 3.8) is 0 Å². The predicted molar refractivity (Wildman–Crippen MR) is 132 cm³/mol. The highest BCUT2D eigenvalue weighted by Crippen LogP contribution is 2.21. The summed E-state index contributed by atoms with van der Waals surface area (Å²) in [6.07, 6.45) is 1.46. The van der Waals surface area contributed by atoms with E-state index in [-0.39, 0.29) is 54.7 Å². The van der Waals surface area contributed by atoms with E-state index < -0.39 is 23.8 Å². The smallest absolute Gasteiger partial charge is 0.252 e. The number of aldehydes is 1. The molecule has 1 atom stereocenters. The fourth-order valence-corrected chi connectivity index (χ4v) is 3.08. The minimum absolute atomic E-state index is 0.0240. The molecule has 11 heteroatoms. The van der Waals surface area contributed by atoms with E-state index in [0.717, 1.165) is 0 Å². The third-order valence-corrected chi connectivity index (χ3v) is 4.89. The van der Waals surface area contributed by atoms with Gasteiger partial charge in [0.25, 0.3) is 5.91 Å². The zero-order valence-corrected chi connectivity index (χ0v) is 20.7. The van der Waals surface area contributed by atoms with E-state index in [0.29, 0.717) is 24.9 Å². The van der Waals surface area contributed by atoms with Crippen LogP contribution in [0.15, 0.2) is 18.2 Å². The molecule has 0 radical (unpaired) electrons. The van der Waals surface area contributed by atoms with E-state index in [1.54, 1.807) is 20.9 Å². The number of nitrogens with one attached hydrogen (secondary N) is 5. The summed E-state index contributed by atoms with van der Waals surface area (Å²) in [5, 5.41) is 13.4. The number of hydrogen-bond donors (Lipinski definition) is 5. The number of Topliss-reactive ketones (excluding diaryl/α,β-unsaturated/α-hetero) is 1. The molecule has 5 N–H and O–H groups in total. The second-order valence-corrected chi connectivity index (χ2v) is 8.41. The second kappa shape index (κ2) is 15.3. The maximum atomic E-state index is 13.0. The Balaban J connectivity index is 3.14. The second-order valence-electron chi connectivity index (χ2n) is 8.41. The fraction of sp³-hybridized carbons (Fsp3) is 0.500. The number of rotatable bonds is 15. The Bertz CT molecular complexity index is 931. The summed E-state index contributed by atoms with van der Waals surface area (Å²) < 4.78 is 0. The first-order valence-electron chi connectivity index (χ1n) is 11.5. The summed E-state index contributed by atoms with van der Waals surface area (Å²) in [5.41, 5.74) is 0.650. The number of anilines is 2. The molecule has 0 saturated carbocycles. The highest BCUT2D eigenvalue weighted by atomic mass is 16.2. The molecule has 0 spiro atoms. The van der Waals surface area contributed by atoms with E-state index in [9.17, 15) is 28.8 Å². The van der Waals surface area contributed by atoms with Gasteiger partial charge in [-0.1, -0.05) is 13.8 Å². The van der Waals surface area contributed by atoms with Gasteiger partial charge in [0.2, 0.25) is 17.7 Å². The van der Waals surface area contributed by atoms with Crippen molar-refractivity contribution in [3.05, 3.63) is 23.8 Å². The summed E-state index contributed by atoms with van der Waals surface area (Å²) >= 11 is 0. The maximum absolute atomic E-state index is 13.0. The molecule has 11 nitrogen and oxygen atoms in total. The molecule has 0 aliphatic rings. The summed E-state index contributed by atoms with van der Waals surface area (Å²) in [7, 11) is 1.78. The van der Waals surface area contributed by atoms with Crippen molar-refractivity contribution in [2.75, 3.05) is 30.8 Å². The van der Waals surface area contributed by atoms with Crippen molar-refractivity contribution >= 4 is 47.1 Å². The van der Waals surface area contributed by atoms with Crippen LogP contribution < -0.4 is 26.6 Å². The molecule has 0 aliphatic heterocycles. The Morgan fingerprint density at radius 1 is 0.914 bits per heavy atom. The molecule has 0 heterocycles. The predicted octanol–water partition coefficient (Wildman–Crippen LogP) is 1.00. The molecule has 1 aromatic carbocycles. The minimum Gasteiger partial charge on any atom is -0.348 e. The SMILES string of the molecule is CNCCCC(=O)Nc1cc(NC(=O)CCC(C)=O)cc(C(=O)NC(C(=O)NCC=O)C(C)C)c1. The molecule has 0 fully saturated rings. The number of carbonyl (C=O) groups excluding carboxylic acids is 6. The zero-order valence-electron chi connectivity index (χ0n) is 20.7. The lowest BCUT2D eigenvalue weighted by Gasteiger charge is -2.21. The largest absolute Gasteiger partial charge is 0.348 e. The Morgan fingerprint density at radius 3 is 2.03 bits per heavy atom. The molecule has 1 rings (SSSR count). The number of carbonyl (C=O) groups is 6. The van der Waals surface area contributed by atoms with Gasteiger partial charge in [0.1, 0.15) is 18.1 Å². The van der Waals surface area contributed by atoms with Crippen LogP contribution in [0.1, 0.15) is 56.8 Å². The van der Waals surface area contributed by atoms with Gasteiger partial charge in [-0.05, 0) is 51.1 Å². The van der Waals surface area contributed by atoms with Gasteiger partial charge in [-0.25, -0.2) is 0 Å². The normalized spacial score (nSPS) is 11.3. The van der Waals surface area contributed by atoms with Crippen LogP contribution in [0.5, 0.6) is 0 Å². The van der Waals surface area contributed by atoms with Crippen molar-refractivity contribution < 1.29 is 28.8 Å². The van der Waals surface area contributed by atoms with Crippen LogP contribution in [0, 0.1) is 5.92 Å². The molecule has 0 bridgehead atoms. The van der Waals surface area contributed by atoms with Crippen LogP contribution in [0.3, 0.4) is 0 Å². The first-order valence-corrected chi connectivity index (χ1v) is 11.5. The standard InChI is InChI=1S/C24H35N5O6/c1-15(2)22(24(35)26-10-11-30)29-23(34)17-12-18(27-20(32)6-5-9-25-4)14-19(13-17)28-21(33)8-7-16(3)31/h11-15,22,25H,5-10H2,1-4H3,(H,26,35)(H,27,32)(H,28,33)(H,29,34). The van der Waals surface area contributed by atoms with E-state index in [2.05, 4.69) is 26.6 Å². The van der Waals surface area contributed by atoms with E-state index in [1.165, 1.54) is 25.1 Å². The Morgan fingerprint density at radius 2 is 1.51 bits per heavy atom. The van der Waals surface area contributed by atoms with Crippen molar-refractivity contribution in [2.45, 2.75) is 52.5 Å². The van der Waals surface area contributed by atoms with E-state index in [1.807, 2.05) is 0 Å².